The molecule has 0 amide bonds. The molecule has 3 heteroatoms. The van der Waals surface area contributed by atoms with Gasteiger partial charge in [0.15, 0.2) is 0 Å². The first-order chi connectivity index (χ1) is 31.3. The predicted octanol–water partition coefficient (Wildman–Crippen LogP) is 15.3. The van der Waals surface area contributed by atoms with Crippen LogP contribution in [0.2, 0.25) is 0 Å². The highest BCUT2D eigenvalue weighted by atomic mass is 15.2. The Morgan fingerprint density at radius 2 is 0.937 bits per heavy atom. The van der Waals surface area contributed by atoms with Crippen LogP contribution in [0.5, 0.6) is 0 Å². The number of anilines is 3. The lowest BCUT2D eigenvalue weighted by molar-refractivity contribution is 0.753. The smallest absolute Gasteiger partial charge is 0.138 e. The Morgan fingerprint density at radius 3 is 1.65 bits per heavy atom. The third kappa shape index (κ3) is 5.17. The molecule has 1 aliphatic heterocycles. The molecule has 13 rings (SSSR count). The number of fused-ring (bicyclic) bond motifs is 13. The van der Waals surface area contributed by atoms with Crippen LogP contribution in [-0.2, 0) is 5.41 Å². The highest BCUT2D eigenvalue weighted by Gasteiger charge is 2.52. The fraction of sp³-hybridized carbons (Fsp3) is 0.0167. The van der Waals surface area contributed by atoms with Crippen molar-refractivity contribution >= 4 is 38.9 Å². The van der Waals surface area contributed by atoms with Crippen molar-refractivity contribution in [3.63, 3.8) is 0 Å². The van der Waals surface area contributed by atoms with E-state index in [-0.39, 0.29) is 0 Å². The summed E-state index contributed by atoms with van der Waals surface area (Å²) in [4.78, 5) is 7.95. The average molecular weight is 802 g/mol. The topological polar surface area (TPSA) is 21.1 Å². The summed E-state index contributed by atoms with van der Waals surface area (Å²) < 4.78 is 2.39. The minimum Gasteiger partial charge on any atom is -0.310 e. The van der Waals surface area contributed by atoms with Crippen molar-refractivity contribution in [1.29, 1.82) is 0 Å². The summed E-state index contributed by atoms with van der Waals surface area (Å²) in [7, 11) is 0. The fourth-order valence-electron chi connectivity index (χ4n) is 10.8. The predicted molar refractivity (Wildman–Crippen MR) is 260 cm³/mol. The maximum absolute atomic E-state index is 5.47. The minimum atomic E-state index is -0.573. The highest BCUT2D eigenvalue weighted by molar-refractivity contribution is 6.18. The van der Waals surface area contributed by atoms with E-state index in [1.807, 2.05) is 0 Å². The van der Waals surface area contributed by atoms with Crippen LogP contribution < -0.4 is 4.90 Å². The Bertz CT molecular complexity index is 3460. The lowest BCUT2D eigenvalue weighted by Crippen LogP contribution is -2.36. The van der Waals surface area contributed by atoms with E-state index < -0.39 is 5.41 Å². The highest BCUT2D eigenvalue weighted by Crippen LogP contribution is 2.64. The lowest BCUT2D eigenvalue weighted by Gasteiger charge is -2.45. The van der Waals surface area contributed by atoms with Gasteiger partial charge in [0.2, 0.25) is 0 Å². The molecule has 2 aliphatic rings. The van der Waals surface area contributed by atoms with Gasteiger partial charge >= 0.3 is 0 Å². The summed E-state index contributed by atoms with van der Waals surface area (Å²) in [6.07, 6.45) is 0. The van der Waals surface area contributed by atoms with Gasteiger partial charge in [0.05, 0.1) is 33.5 Å². The zero-order valence-electron chi connectivity index (χ0n) is 34.4. The first-order valence-electron chi connectivity index (χ1n) is 21.7. The molecule has 0 atom stereocenters. The summed E-state index contributed by atoms with van der Waals surface area (Å²) in [5.74, 6) is 0.893. The number of benzene rings is 9. The number of hydrogen-bond donors (Lipinski definition) is 0. The van der Waals surface area contributed by atoms with Gasteiger partial charge in [0.1, 0.15) is 5.82 Å². The van der Waals surface area contributed by atoms with Gasteiger partial charge in [-0.05, 0) is 104 Å². The van der Waals surface area contributed by atoms with Gasteiger partial charge in [0.25, 0.3) is 0 Å². The summed E-state index contributed by atoms with van der Waals surface area (Å²) in [5.41, 5.74) is 19.6. The zero-order valence-corrected chi connectivity index (χ0v) is 34.4. The normalized spacial score (nSPS) is 13.2. The molecule has 0 fully saturated rings. The first-order valence-corrected chi connectivity index (χ1v) is 21.7. The largest absolute Gasteiger partial charge is 0.310 e. The molecular weight excluding hydrogens is 763 g/mol. The molecule has 2 aromatic heterocycles. The molecule has 3 heterocycles. The lowest BCUT2D eigenvalue weighted by atomic mass is 9.64. The molecule has 294 valence electrons. The van der Waals surface area contributed by atoms with E-state index in [2.05, 4.69) is 246 Å². The molecule has 0 bridgehead atoms. The molecule has 0 radical (unpaired) electrons. The van der Waals surface area contributed by atoms with Crippen LogP contribution in [0.1, 0.15) is 22.3 Å². The number of rotatable bonds is 5. The van der Waals surface area contributed by atoms with Gasteiger partial charge in [-0.1, -0.05) is 188 Å². The van der Waals surface area contributed by atoms with Crippen molar-refractivity contribution in [2.45, 2.75) is 5.41 Å². The second-order valence-electron chi connectivity index (χ2n) is 16.6. The number of pyridine rings is 1. The second-order valence-corrected chi connectivity index (χ2v) is 16.6. The van der Waals surface area contributed by atoms with Crippen molar-refractivity contribution in [1.82, 2.24) is 9.55 Å². The number of hydrogen-bond acceptors (Lipinski definition) is 2. The second kappa shape index (κ2) is 13.9. The Kier molecular flexibility index (Phi) is 7.82. The average Bonchev–Trinajstić information content (AvgIpc) is 3.86. The van der Waals surface area contributed by atoms with Crippen molar-refractivity contribution in [2.75, 3.05) is 4.90 Å². The number of nitrogens with zero attached hydrogens (tertiary/aromatic N) is 3. The molecule has 3 nitrogen and oxygen atoms in total. The van der Waals surface area contributed by atoms with Gasteiger partial charge in [-0.15, -0.1) is 0 Å². The van der Waals surface area contributed by atoms with E-state index >= 15 is 0 Å². The van der Waals surface area contributed by atoms with Crippen LogP contribution in [0.25, 0.3) is 72.3 Å². The molecule has 1 aliphatic carbocycles. The summed E-state index contributed by atoms with van der Waals surface area (Å²) in [5, 5.41) is 2.45. The molecule has 0 N–H and O–H groups in total. The van der Waals surface area contributed by atoms with Crippen molar-refractivity contribution in [2.24, 2.45) is 0 Å². The summed E-state index contributed by atoms with van der Waals surface area (Å²) in [6.45, 7) is 0. The Morgan fingerprint density at radius 1 is 0.365 bits per heavy atom. The molecule has 0 saturated carbocycles. The van der Waals surface area contributed by atoms with Crippen molar-refractivity contribution < 1.29 is 0 Å². The molecule has 63 heavy (non-hydrogen) atoms. The van der Waals surface area contributed by atoms with Gasteiger partial charge in [-0.25, -0.2) is 4.98 Å². The van der Waals surface area contributed by atoms with Crippen LogP contribution in [0.3, 0.4) is 0 Å². The summed E-state index contributed by atoms with van der Waals surface area (Å²) in [6, 6.07) is 86.3. The van der Waals surface area contributed by atoms with Crippen molar-refractivity contribution in [3.05, 3.63) is 259 Å². The quantitative estimate of drug-likeness (QED) is 0.173. The monoisotopic (exact) mass is 801 g/mol. The molecular formula is C60H39N3. The van der Waals surface area contributed by atoms with Crippen LogP contribution in [-0.4, -0.2) is 9.55 Å². The van der Waals surface area contributed by atoms with E-state index in [0.717, 1.165) is 44.9 Å². The number of aromatic nitrogens is 2. The SMILES string of the molecule is c1ccc(-c2cccc(N3c4ccccc4C4(c5ccccc5-c5c4ccc4c5c5ccccc5n4-c4cc(-c5ccccc5)cc(-c5ccccc5)n4)c4ccccc43)c2)cc1. The molecule has 0 saturated heterocycles. The van der Waals surface area contributed by atoms with E-state index in [9.17, 15) is 0 Å². The van der Waals surface area contributed by atoms with E-state index in [0.29, 0.717) is 0 Å². The molecule has 11 aromatic rings. The van der Waals surface area contributed by atoms with Crippen molar-refractivity contribution in [3.8, 4) is 50.5 Å². The van der Waals surface area contributed by atoms with Crippen LogP contribution >= 0.6 is 0 Å². The molecule has 9 aromatic carbocycles. The summed E-state index contributed by atoms with van der Waals surface area (Å²) >= 11 is 0. The third-order valence-corrected chi connectivity index (χ3v) is 13.4. The Hall–Kier alpha value is -8.27. The number of para-hydroxylation sites is 3. The molecule has 1 spiro atoms. The third-order valence-electron chi connectivity index (χ3n) is 13.4. The van der Waals surface area contributed by atoms with Gasteiger partial charge in [-0.3, -0.25) is 4.57 Å². The van der Waals surface area contributed by atoms with Gasteiger partial charge in [0, 0.05) is 22.0 Å². The molecule has 0 unspecified atom stereocenters. The van der Waals surface area contributed by atoms with E-state index in [1.165, 1.54) is 66.7 Å². The standard InChI is InChI=1S/C60H39N3/c1-4-19-40(20-5-1)43-25-18-26-45(37-43)62-54-33-16-13-30-49(54)60(50-31-14-17-34-55(50)62)48-29-12-10-27-46(48)58-51(60)35-36-56-59(58)47-28-11-15-32-53(47)63(56)57-39-44(41-21-6-2-7-22-41)38-52(61-57)42-23-8-3-9-24-42/h1-39H. The van der Waals surface area contributed by atoms with E-state index in [1.54, 1.807) is 0 Å². The minimum absolute atomic E-state index is 0.573. The van der Waals surface area contributed by atoms with Crippen LogP contribution in [0.4, 0.5) is 17.1 Å². The van der Waals surface area contributed by atoms with Crippen LogP contribution in [0, 0.1) is 0 Å². The van der Waals surface area contributed by atoms with Gasteiger partial charge in [-0.2, -0.15) is 0 Å². The fourth-order valence-corrected chi connectivity index (χ4v) is 10.8. The Balaban J connectivity index is 1.09. The maximum atomic E-state index is 5.47. The van der Waals surface area contributed by atoms with Crippen LogP contribution in [0.15, 0.2) is 237 Å². The zero-order chi connectivity index (χ0) is 41.5. The Labute approximate surface area is 366 Å². The van der Waals surface area contributed by atoms with E-state index in [4.69, 9.17) is 4.98 Å². The first kappa shape index (κ1) is 35.5. The van der Waals surface area contributed by atoms with Gasteiger partial charge < -0.3 is 4.90 Å². The maximum Gasteiger partial charge on any atom is 0.138 e.